The van der Waals surface area contributed by atoms with Gasteiger partial charge in [0.1, 0.15) is 6.10 Å². The lowest BCUT2D eigenvalue weighted by Gasteiger charge is -2.42. The maximum absolute atomic E-state index is 12.6. The van der Waals surface area contributed by atoms with Crippen LogP contribution >= 0.6 is 0 Å². The highest BCUT2D eigenvalue weighted by Crippen LogP contribution is 2.29. The van der Waals surface area contributed by atoms with Gasteiger partial charge in [0.2, 0.25) is 0 Å². The Bertz CT molecular complexity index is 808. The fraction of sp³-hybridized carbons (Fsp3) is 0.364. The Balaban J connectivity index is 1.85. The van der Waals surface area contributed by atoms with E-state index in [4.69, 9.17) is 18.9 Å². The van der Waals surface area contributed by atoms with E-state index in [0.717, 1.165) is 0 Å². The third-order valence-electron chi connectivity index (χ3n) is 4.76. The van der Waals surface area contributed by atoms with Crippen LogP contribution in [0.2, 0.25) is 0 Å². The molecule has 1 N–H and O–H groups in total. The average molecular weight is 400 g/mol. The average Bonchev–Trinajstić information content (AvgIpc) is 2.77. The molecule has 1 aliphatic heterocycles. The number of hydrogen-bond acceptors (Lipinski definition) is 7. The smallest absolute Gasteiger partial charge is 0.338 e. The monoisotopic (exact) mass is 400 g/mol. The number of carbonyl (C=O) groups excluding carboxylic acids is 2. The van der Waals surface area contributed by atoms with Gasteiger partial charge in [0.25, 0.3) is 0 Å². The van der Waals surface area contributed by atoms with E-state index in [1.165, 1.54) is 7.11 Å². The molecular weight excluding hydrogens is 376 g/mol. The standard InChI is InChI=1S/C22H24O7/c1-3-16-17(23)18(28-20(24)14-10-6-4-7-11-14)19(22(26-2)27-16)29-21(25)15-12-8-5-9-13-15/h4-13,16-19,22-23H,3H2,1-2H3. The molecule has 0 spiro atoms. The molecule has 7 nitrogen and oxygen atoms in total. The fourth-order valence-electron chi connectivity index (χ4n) is 3.21. The van der Waals surface area contributed by atoms with Gasteiger partial charge in [0, 0.05) is 7.11 Å². The molecule has 29 heavy (non-hydrogen) atoms. The topological polar surface area (TPSA) is 91.3 Å². The number of hydrogen-bond donors (Lipinski definition) is 1. The highest BCUT2D eigenvalue weighted by Gasteiger charge is 2.49. The molecule has 0 saturated carbocycles. The molecule has 0 aliphatic carbocycles. The Hall–Kier alpha value is -2.74. The largest absolute Gasteiger partial charge is 0.452 e. The molecule has 7 heteroatoms. The minimum atomic E-state index is -1.19. The second-order valence-electron chi connectivity index (χ2n) is 6.65. The van der Waals surface area contributed by atoms with E-state index in [1.807, 2.05) is 6.92 Å². The third kappa shape index (κ3) is 4.82. The zero-order valence-corrected chi connectivity index (χ0v) is 16.3. The van der Waals surface area contributed by atoms with Crippen molar-refractivity contribution >= 4 is 11.9 Å². The van der Waals surface area contributed by atoms with Gasteiger partial charge >= 0.3 is 11.9 Å². The number of methoxy groups -OCH3 is 1. The zero-order chi connectivity index (χ0) is 20.8. The highest BCUT2D eigenvalue weighted by atomic mass is 16.7. The first-order valence-electron chi connectivity index (χ1n) is 9.43. The van der Waals surface area contributed by atoms with Gasteiger partial charge in [-0.15, -0.1) is 0 Å². The van der Waals surface area contributed by atoms with E-state index in [9.17, 15) is 14.7 Å². The van der Waals surface area contributed by atoms with Crippen molar-refractivity contribution in [3.63, 3.8) is 0 Å². The van der Waals surface area contributed by atoms with Crippen LogP contribution in [0.15, 0.2) is 60.7 Å². The Morgan fingerprint density at radius 1 is 0.897 bits per heavy atom. The van der Waals surface area contributed by atoms with Crippen molar-refractivity contribution in [1.29, 1.82) is 0 Å². The van der Waals surface area contributed by atoms with Crippen LogP contribution in [0.25, 0.3) is 0 Å². The first-order chi connectivity index (χ1) is 14.0. The lowest BCUT2D eigenvalue weighted by molar-refractivity contribution is -0.288. The lowest BCUT2D eigenvalue weighted by Crippen LogP contribution is -2.60. The number of benzene rings is 2. The van der Waals surface area contributed by atoms with Crippen molar-refractivity contribution in [2.75, 3.05) is 7.11 Å². The van der Waals surface area contributed by atoms with Crippen molar-refractivity contribution < 1.29 is 33.6 Å². The van der Waals surface area contributed by atoms with Crippen molar-refractivity contribution in [3.05, 3.63) is 71.8 Å². The first kappa shape index (κ1) is 21.0. The second kappa shape index (κ2) is 9.65. The van der Waals surface area contributed by atoms with Gasteiger partial charge < -0.3 is 24.1 Å². The van der Waals surface area contributed by atoms with Crippen LogP contribution in [-0.2, 0) is 18.9 Å². The van der Waals surface area contributed by atoms with Crippen LogP contribution in [0.5, 0.6) is 0 Å². The molecule has 2 aromatic carbocycles. The van der Waals surface area contributed by atoms with Gasteiger partial charge in [0.15, 0.2) is 18.5 Å². The van der Waals surface area contributed by atoms with Crippen molar-refractivity contribution in [2.45, 2.75) is 44.1 Å². The molecule has 1 heterocycles. The van der Waals surface area contributed by atoms with E-state index in [1.54, 1.807) is 60.7 Å². The molecule has 1 aliphatic rings. The van der Waals surface area contributed by atoms with E-state index in [-0.39, 0.29) is 0 Å². The van der Waals surface area contributed by atoms with Crippen molar-refractivity contribution in [1.82, 2.24) is 0 Å². The molecule has 154 valence electrons. The molecule has 0 aromatic heterocycles. The van der Waals surface area contributed by atoms with Gasteiger partial charge in [-0.2, -0.15) is 0 Å². The summed E-state index contributed by atoms with van der Waals surface area (Å²) in [6.07, 6.45) is -4.66. The summed E-state index contributed by atoms with van der Waals surface area (Å²) in [7, 11) is 1.40. The van der Waals surface area contributed by atoms with Crippen LogP contribution in [0.4, 0.5) is 0 Å². The summed E-state index contributed by atoms with van der Waals surface area (Å²) < 4.78 is 22.2. The van der Waals surface area contributed by atoms with Gasteiger partial charge in [-0.1, -0.05) is 43.3 Å². The molecule has 0 bridgehead atoms. The number of carbonyl (C=O) groups is 2. The Kier molecular flexibility index (Phi) is 6.98. The van der Waals surface area contributed by atoms with Gasteiger partial charge in [0.05, 0.1) is 17.2 Å². The molecule has 1 fully saturated rings. The van der Waals surface area contributed by atoms with Crippen molar-refractivity contribution in [3.8, 4) is 0 Å². The zero-order valence-electron chi connectivity index (χ0n) is 16.3. The maximum Gasteiger partial charge on any atom is 0.338 e. The Labute approximate surface area is 169 Å². The van der Waals surface area contributed by atoms with E-state index >= 15 is 0 Å². The lowest BCUT2D eigenvalue weighted by atomic mass is 9.96. The van der Waals surface area contributed by atoms with Crippen LogP contribution in [0, 0.1) is 0 Å². The normalized spacial score (nSPS) is 26.5. The van der Waals surface area contributed by atoms with E-state index in [0.29, 0.717) is 17.5 Å². The molecule has 5 atom stereocenters. The molecule has 5 unspecified atom stereocenters. The van der Waals surface area contributed by atoms with Crippen molar-refractivity contribution in [2.24, 2.45) is 0 Å². The SMILES string of the molecule is CCC1OC(OC)C(OC(=O)c2ccccc2)C(OC(=O)c2ccccc2)C1O. The maximum atomic E-state index is 12.6. The summed E-state index contributed by atoms with van der Waals surface area (Å²) in [6, 6.07) is 16.8. The fourth-order valence-corrected chi connectivity index (χ4v) is 3.21. The summed E-state index contributed by atoms with van der Waals surface area (Å²) in [6.45, 7) is 1.83. The van der Waals surface area contributed by atoms with Gasteiger partial charge in [-0.05, 0) is 30.7 Å². The van der Waals surface area contributed by atoms with Crippen LogP contribution in [0.3, 0.4) is 0 Å². The van der Waals surface area contributed by atoms with Crippen LogP contribution in [-0.4, -0.2) is 54.9 Å². The summed E-state index contributed by atoms with van der Waals surface area (Å²) >= 11 is 0. The summed E-state index contributed by atoms with van der Waals surface area (Å²) in [5, 5.41) is 10.7. The number of aliphatic hydroxyl groups is 1. The molecule has 2 aromatic rings. The molecule has 1 saturated heterocycles. The van der Waals surface area contributed by atoms with Crippen LogP contribution < -0.4 is 0 Å². The Morgan fingerprint density at radius 2 is 1.38 bits per heavy atom. The second-order valence-corrected chi connectivity index (χ2v) is 6.65. The Morgan fingerprint density at radius 3 is 1.83 bits per heavy atom. The molecule has 0 radical (unpaired) electrons. The number of aliphatic hydroxyl groups excluding tert-OH is 1. The predicted molar refractivity (Wildman–Crippen MR) is 103 cm³/mol. The number of rotatable bonds is 6. The van der Waals surface area contributed by atoms with E-state index in [2.05, 4.69) is 0 Å². The van der Waals surface area contributed by atoms with Gasteiger partial charge in [-0.25, -0.2) is 9.59 Å². The first-order valence-corrected chi connectivity index (χ1v) is 9.43. The molecule has 0 amide bonds. The minimum Gasteiger partial charge on any atom is -0.452 e. The van der Waals surface area contributed by atoms with Gasteiger partial charge in [-0.3, -0.25) is 0 Å². The highest BCUT2D eigenvalue weighted by molar-refractivity contribution is 5.90. The van der Waals surface area contributed by atoms with E-state index < -0.39 is 42.6 Å². The summed E-state index contributed by atoms with van der Waals surface area (Å²) in [5.41, 5.74) is 0.643. The summed E-state index contributed by atoms with van der Waals surface area (Å²) in [4.78, 5) is 25.2. The third-order valence-corrected chi connectivity index (χ3v) is 4.76. The quantitative estimate of drug-likeness (QED) is 0.745. The van der Waals surface area contributed by atoms with Crippen LogP contribution in [0.1, 0.15) is 34.1 Å². The predicted octanol–water partition coefficient (Wildman–Crippen LogP) is 2.58. The number of esters is 2. The summed E-state index contributed by atoms with van der Waals surface area (Å²) in [5.74, 6) is -1.27. The molecular formula is C22H24O7. The number of ether oxygens (including phenoxy) is 4. The minimum absolute atomic E-state index is 0.321. The molecule has 3 rings (SSSR count).